The maximum absolute atomic E-state index is 12.4. The fourth-order valence-electron chi connectivity index (χ4n) is 2.43. The van der Waals surface area contributed by atoms with Crippen molar-refractivity contribution in [3.05, 3.63) is 12.2 Å². The van der Waals surface area contributed by atoms with Gasteiger partial charge in [0.05, 0.1) is 5.60 Å². The number of hydrazine groups is 1. The van der Waals surface area contributed by atoms with Crippen molar-refractivity contribution in [2.45, 2.75) is 72.8 Å². The summed E-state index contributed by atoms with van der Waals surface area (Å²) in [5, 5.41) is 0.704. The lowest BCUT2D eigenvalue weighted by Crippen LogP contribution is -2.50. The van der Waals surface area contributed by atoms with Crippen molar-refractivity contribution >= 4 is 23.5 Å². The van der Waals surface area contributed by atoms with E-state index in [2.05, 4.69) is 5.43 Å². The number of carbonyl (C=O) groups is 4. The maximum atomic E-state index is 12.4. The zero-order chi connectivity index (χ0) is 20.8. The van der Waals surface area contributed by atoms with Crippen LogP contribution in [0, 0.1) is 11.3 Å². The molecule has 0 aromatic rings. The van der Waals surface area contributed by atoms with Gasteiger partial charge in [0.1, 0.15) is 5.78 Å². The van der Waals surface area contributed by atoms with Gasteiger partial charge in [-0.25, -0.2) is 0 Å². The maximum Gasteiger partial charge on any atom is 0.272 e. The molecule has 0 radical (unpaired) electrons. The summed E-state index contributed by atoms with van der Waals surface area (Å²) in [5.74, 6) is -1.25. The predicted octanol–water partition coefficient (Wildman–Crippen LogP) is 2.55. The van der Waals surface area contributed by atoms with Crippen LogP contribution in [0.2, 0.25) is 0 Å². The first-order chi connectivity index (χ1) is 12.4. The van der Waals surface area contributed by atoms with Crippen molar-refractivity contribution in [3.8, 4) is 0 Å². The van der Waals surface area contributed by atoms with E-state index in [1.54, 1.807) is 13.8 Å². The molecule has 1 rings (SSSR count). The van der Waals surface area contributed by atoms with E-state index < -0.39 is 28.7 Å². The molecule has 1 aliphatic rings. The Bertz CT molecular complexity index is 604. The lowest BCUT2D eigenvalue weighted by atomic mass is 9.88. The SMILES string of the molecule is CCC(C)C(=O)CCC(C)(C)OCCC(C)(C)C(=O)NN1C(=O)C=CC1=O. The van der Waals surface area contributed by atoms with Gasteiger partial charge in [0.2, 0.25) is 5.91 Å². The molecule has 7 nitrogen and oxygen atoms in total. The van der Waals surface area contributed by atoms with Crippen molar-refractivity contribution in [2.24, 2.45) is 11.3 Å². The molecule has 0 aromatic heterocycles. The molecular weight excluding hydrogens is 348 g/mol. The third-order valence-electron chi connectivity index (χ3n) is 4.99. The van der Waals surface area contributed by atoms with Gasteiger partial charge in [-0.2, -0.15) is 5.01 Å². The fourth-order valence-corrected chi connectivity index (χ4v) is 2.43. The molecule has 0 spiro atoms. The molecule has 0 aromatic carbocycles. The van der Waals surface area contributed by atoms with Gasteiger partial charge in [0, 0.05) is 36.5 Å². The molecule has 7 heteroatoms. The monoisotopic (exact) mass is 380 g/mol. The summed E-state index contributed by atoms with van der Waals surface area (Å²) in [6, 6.07) is 0. The van der Waals surface area contributed by atoms with Gasteiger partial charge in [0.15, 0.2) is 0 Å². The molecular formula is C20H32N2O5. The van der Waals surface area contributed by atoms with E-state index >= 15 is 0 Å². The van der Waals surface area contributed by atoms with Crippen LogP contribution in [0.15, 0.2) is 12.2 Å². The Morgan fingerprint density at radius 3 is 2.19 bits per heavy atom. The smallest absolute Gasteiger partial charge is 0.272 e. The van der Waals surface area contributed by atoms with E-state index in [0.717, 1.165) is 18.6 Å². The van der Waals surface area contributed by atoms with E-state index in [-0.39, 0.29) is 11.7 Å². The van der Waals surface area contributed by atoms with Crippen LogP contribution in [-0.2, 0) is 23.9 Å². The Kier molecular flexibility index (Phi) is 7.90. The molecule has 1 aliphatic heterocycles. The van der Waals surface area contributed by atoms with E-state index in [4.69, 9.17) is 4.74 Å². The van der Waals surface area contributed by atoms with Crippen LogP contribution < -0.4 is 5.43 Å². The second kappa shape index (κ2) is 9.26. The minimum absolute atomic E-state index is 0.0638. The third kappa shape index (κ3) is 6.90. The predicted molar refractivity (Wildman–Crippen MR) is 101 cm³/mol. The van der Waals surface area contributed by atoms with Crippen molar-refractivity contribution in [1.29, 1.82) is 0 Å². The third-order valence-corrected chi connectivity index (χ3v) is 4.99. The number of hydrogen-bond acceptors (Lipinski definition) is 5. The van der Waals surface area contributed by atoms with Crippen LogP contribution in [0.4, 0.5) is 0 Å². The van der Waals surface area contributed by atoms with Crippen LogP contribution in [0.25, 0.3) is 0 Å². The Balaban J connectivity index is 2.46. The number of rotatable bonds is 11. The lowest BCUT2D eigenvalue weighted by molar-refractivity contribution is -0.150. The summed E-state index contributed by atoms with van der Waals surface area (Å²) in [5.41, 5.74) is 1.06. The number of amides is 3. The molecule has 1 atom stereocenters. The highest BCUT2D eigenvalue weighted by atomic mass is 16.5. The normalized spacial score (nSPS) is 16.0. The van der Waals surface area contributed by atoms with Gasteiger partial charge in [-0.05, 0) is 33.1 Å². The molecule has 1 unspecified atom stereocenters. The highest BCUT2D eigenvalue weighted by Gasteiger charge is 2.33. The molecule has 1 N–H and O–H groups in total. The Morgan fingerprint density at radius 1 is 1.11 bits per heavy atom. The molecule has 0 saturated heterocycles. The molecule has 3 amide bonds. The number of carbonyl (C=O) groups excluding carboxylic acids is 4. The second-order valence-corrected chi connectivity index (χ2v) is 8.30. The summed E-state index contributed by atoms with van der Waals surface area (Å²) < 4.78 is 5.90. The number of nitrogens with zero attached hydrogens (tertiary/aromatic N) is 1. The van der Waals surface area contributed by atoms with Crippen LogP contribution in [0.3, 0.4) is 0 Å². The topological polar surface area (TPSA) is 92.8 Å². The fraction of sp³-hybridized carbons (Fsp3) is 0.700. The first-order valence-corrected chi connectivity index (χ1v) is 9.43. The number of Topliss-reactive ketones (excluding diaryl/α,β-unsaturated/α-hetero) is 1. The first-order valence-electron chi connectivity index (χ1n) is 9.43. The van der Waals surface area contributed by atoms with Gasteiger partial charge < -0.3 is 4.74 Å². The minimum Gasteiger partial charge on any atom is -0.376 e. The molecule has 0 aliphatic carbocycles. The number of ketones is 1. The van der Waals surface area contributed by atoms with Gasteiger partial charge in [-0.3, -0.25) is 24.6 Å². The summed E-state index contributed by atoms with van der Waals surface area (Å²) in [7, 11) is 0. The van der Waals surface area contributed by atoms with Crippen molar-refractivity contribution < 1.29 is 23.9 Å². The Hall–Kier alpha value is -2.02. The molecule has 1 heterocycles. The van der Waals surface area contributed by atoms with Crippen LogP contribution in [0.1, 0.15) is 67.2 Å². The van der Waals surface area contributed by atoms with E-state index in [1.165, 1.54) is 0 Å². The Labute approximate surface area is 161 Å². The summed E-state index contributed by atoms with van der Waals surface area (Å²) >= 11 is 0. The zero-order valence-corrected chi connectivity index (χ0v) is 17.3. The molecule has 0 fully saturated rings. The average molecular weight is 380 g/mol. The van der Waals surface area contributed by atoms with Crippen molar-refractivity contribution in [2.75, 3.05) is 6.61 Å². The van der Waals surface area contributed by atoms with Crippen LogP contribution in [0.5, 0.6) is 0 Å². The lowest BCUT2D eigenvalue weighted by Gasteiger charge is -2.30. The zero-order valence-electron chi connectivity index (χ0n) is 17.3. The van der Waals surface area contributed by atoms with E-state index in [1.807, 2.05) is 27.7 Å². The average Bonchev–Trinajstić information content (AvgIpc) is 2.90. The summed E-state index contributed by atoms with van der Waals surface area (Å²) in [4.78, 5) is 47.5. The molecule has 0 saturated carbocycles. The molecule has 0 bridgehead atoms. The standard InChI is InChI=1S/C20H32N2O5/c1-7-14(2)15(23)10-11-20(5,6)27-13-12-19(3,4)18(26)21-22-16(24)8-9-17(22)25/h8-9,14H,7,10-13H2,1-6H3,(H,21,26). The van der Waals surface area contributed by atoms with E-state index in [0.29, 0.717) is 30.9 Å². The number of nitrogens with one attached hydrogen (secondary N) is 1. The summed E-state index contributed by atoms with van der Waals surface area (Å²) in [6.07, 6.45) is 4.55. The minimum atomic E-state index is -0.828. The highest BCUT2D eigenvalue weighted by Crippen LogP contribution is 2.25. The van der Waals surface area contributed by atoms with Gasteiger partial charge in [-0.1, -0.05) is 27.7 Å². The number of ether oxygens (including phenoxy) is 1. The first kappa shape index (κ1) is 23.0. The van der Waals surface area contributed by atoms with Crippen LogP contribution in [-0.4, -0.2) is 40.7 Å². The second-order valence-electron chi connectivity index (χ2n) is 8.30. The van der Waals surface area contributed by atoms with Gasteiger partial charge in [-0.15, -0.1) is 0 Å². The van der Waals surface area contributed by atoms with Crippen molar-refractivity contribution in [3.63, 3.8) is 0 Å². The Morgan fingerprint density at radius 2 is 1.67 bits per heavy atom. The largest absolute Gasteiger partial charge is 0.376 e. The summed E-state index contributed by atoms with van der Waals surface area (Å²) in [6.45, 7) is 11.6. The molecule has 27 heavy (non-hydrogen) atoms. The highest BCUT2D eigenvalue weighted by molar-refractivity contribution is 6.13. The quantitative estimate of drug-likeness (QED) is 0.556. The number of imide groups is 1. The van der Waals surface area contributed by atoms with Gasteiger partial charge in [0.25, 0.3) is 11.8 Å². The van der Waals surface area contributed by atoms with Gasteiger partial charge >= 0.3 is 0 Å². The number of hydrogen-bond donors (Lipinski definition) is 1. The van der Waals surface area contributed by atoms with Crippen LogP contribution >= 0.6 is 0 Å². The van der Waals surface area contributed by atoms with Crippen molar-refractivity contribution in [1.82, 2.24) is 10.4 Å². The van der Waals surface area contributed by atoms with E-state index in [9.17, 15) is 19.2 Å². The molecule has 152 valence electrons.